The number of hydrogen-bond acceptors (Lipinski definition) is 3. The second-order valence-electron chi connectivity index (χ2n) is 7.78. The first kappa shape index (κ1) is 22.4. The van der Waals surface area contributed by atoms with Crippen molar-refractivity contribution in [3.63, 3.8) is 0 Å². The van der Waals surface area contributed by atoms with Crippen LogP contribution in [0.5, 0.6) is 0 Å². The molecule has 0 saturated carbocycles. The van der Waals surface area contributed by atoms with Gasteiger partial charge in [0.2, 0.25) is 0 Å². The van der Waals surface area contributed by atoms with E-state index in [4.69, 9.17) is 4.98 Å². The van der Waals surface area contributed by atoms with Crippen LogP contribution in [-0.4, -0.2) is 25.3 Å². The van der Waals surface area contributed by atoms with Gasteiger partial charge in [0.1, 0.15) is 17.2 Å². The fraction of sp³-hybridized carbons (Fsp3) is 0.240. The quantitative estimate of drug-likeness (QED) is 0.280. The van der Waals surface area contributed by atoms with E-state index in [-0.39, 0.29) is 11.7 Å². The molecular weight excluding hydrogens is 518 g/mol. The third-order valence-electron chi connectivity index (χ3n) is 5.36. The average molecular weight is 542 g/mol. The Kier molecular flexibility index (Phi) is 6.83. The standard InChI is InChI=1S/C25H24FIN4O/c1-3-13-31-23(29-22-5-4-12-28-24(22)31)16-30(15-18-7-10-20(26)11-8-18)25(32)19-9-6-17(2)21(27)14-19/h4-12,14H,3,13,15-16H2,1-2H3. The van der Waals surface area contributed by atoms with Gasteiger partial charge in [0.05, 0.1) is 6.54 Å². The minimum Gasteiger partial charge on any atom is -0.327 e. The van der Waals surface area contributed by atoms with E-state index in [1.807, 2.05) is 37.3 Å². The van der Waals surface area contributed by atoms with Gasteiger partial charge in [0.25, 0.3) is 5.91 Å². The molecule has 0 aliphatic carbocycles. The van der Waals surface area contributed by atoms with E-state index in [0.717, 1.165) is 44.7 Å². The lowest BCUT2D eigenvalue weighted by molar-refractivity contribution is 0.0723. The first-order chi connectivity index (χ1) is 15.5. The third-order valence-corrected chi connectivity index (χ3v) is 6.52. The number of aryl methyl sites for hydroxylation is 2. The molecule has 0 atom stereocenters. The van der Waals surface area contributed by atoms with Gasteiger partial charge in [0.15, 0.2) is 5.65 Å². The van der Waals surface area contributed by atoms with Crippen molar-refractivity contribution in [1.29, 1.82) is 0 Å². The van der Waals surface area contributed by atoms with E-state index in [2.05, 4.69) is 39.1 Å². The Labute approximate surface area is 200 Å². The second-order valence-corrected chi connectivity index (χ2v) is 8.94. The highest BCUT2D eigenvalue weighted by Gasteiger charge is 2.21. The van der Waals surface area contributed by atoms with Crippen LogP contribution in [0.3, 0.4) is 0 Å². The first-order valence-corrected chi connectivity index (χ1v) is 11.6. The highest BCUT2D eigenvalue weighted by molar-refractivity contribution is 14.1. The number of aromatic nitrogens is 3. The molecule has 32 heavy (non-hydrogen) atoms. The van der Waals surface area contributed by atoms with Crippen LogP contribution in [-0.2, 0) is 19.6 Å². The second kappa shape index (κ2) is 9.77. The monoisotopic (exact) mass is 542 g/mol. The van der Waals surface area contributed by atoms with Crippen LogP contribution in [0.1, 0.15) is 40.7 Å². The molecule has 5 nitrogen and oxygen atoms in total. The number of fused-ring (bicyclic) bond motifs is 1. The molecule has 164 valence electrons. The fourth-order valence-corrected chi connectivity index (χ4v) is 4.19. The molecule has 4 aromatic rings. The summed E-state index contributed by atoms with van der Waals surface area (Å²) in [7, 11) is 0. The zero-order valence-corrected chi connectivity index (χ0v) is 20.2. The smallest absolute Gasteiger partial charge is 0.254 e. The Morgan fingerprint density at radius 3 is 2.62 bits per heavy atom. The van der Waals surface area contributed by atoms with Gasteiger partial charge in [-0.05, 0) is 83.5 Å². The maximum absolute atomic E-state index is 13.6. The Morgan fingerprint density at radius 1 is 1.12 bits per heavy atom. The van der Waals surface area contributed by atoms with Crippen molar-refractivity contribution in [2.24, 2.45) is 0 Å². The van der Waals surface area contributed by atoms with Gasteiger partial charge in [-0.3, -0.25) is 4.79 Å². The Balaban J connectivity index is 1.72. The molecule has 0 radical (unpaired) electrons. The predicted molar refractivity (Wildman–Crippen MR) is 132 cm³/mol. The molecule has 1 amide bonds. The summed E-state index contributed by atoms with van der Waals surface area (Å²) < 4.78 is 16.6. The maximum atomic E-state index is 13.6. The van der Waals surface area contributed by atoms with Gasteiger partial charge in [-0.2, -0.15) is 0 Å². The van der Waals surface area contributed by atoms with Crippen LogP contribution in [0.15, 0.2) is 60.8 Å². The summed E-state index contributed by atoms with van der Waals surface area (Å²) in [5.41, 5.74) is 4.25. The normalized spacial score (nSPS) is 11.1. The summed E-state index contributed by atoms with van der Waals surface area (Å²) in [6, 6.07) is 15.8. The van der Waals surface area contributed by atoms with E-state index < -0.39 is 0 Å². The zero-order chi connectivity index (χ0) is 22.7. The van der Waals surface area contributed by atoms with Crippen LogP contribution in [0, 0.1) is 16.3 Å². The summed E-state index contributed by atoms with van der Waals surface area (Å²) in [6.45, 7) is 5.58. The molecular formula is C25H24FIN4O. The van der Waals surface area contributed by atoms with Crippen LogP contribution in [0.25, 0.3) is 11.2 Å². The molecule has 0 aliphatic heterocycles. The van der Waals surface area contributed by atoms with Crippen LogP contribution in [0.4, 0.5) is 4.39 Å². The van der Waals surface area contributed by atoms with Crippen molar-refractivity contribution in [2.45, 2.75) is 39.9 Å². The summed E-state index contributed by atoms with van der Waals surface area (Å²) in [4.78, 5) is 24.6. The molecule has 0 spiro atoms. The average Bonchev–Trinajstić information content (AvgIpc) is 3.13. The van der Waals surface area contributed by atoms with E-state index in [1.165, 1.54) is 12.1 Å². The zero-order valence-electron chi connectivity index (χ0n) is 18.1. The highest BCUT2D eigenvalue weighted by atomic mass is 127. The van der Waals surface area contributed by atoms with Gasteiger partial charge in [-0.15, -0.1) is 0 Å². The summed E-state index contributed by atoms with van der Waals surface area (Å²) in [5.74, 6) is 0.406. The molecule has 0 unspecified atom stereocenters. The lowest BCUT2D eigenvalue weighted by Crippen LogP contribution is -2.31. The molecule has 0 saturated heterocycles. The number of rotatable bonds is 7. The highest BCUT2D eigenvalue weighted by Crippen LogP contribution is 2.21. The van der Waals surface area contributed by atoms with E-state index in [0.29, 0.717) is 18.7 Å². The Morgan fingerprint density at radius 2 is 1.91 bits per heavy atom. The van der Waals surface area contributed by atoms with Crippen LogP contribution in [0.2, 0.25) is 0 Å². The number of benzene rings is 2. The van der Waals surface area contributed by atoms with Crippen molar-refractivity contribution >= 4 is 39.7 Å². The number of nitrogens with zero attached hydrogens (tertiary/aromatic N) is 4. The molecule has 0 bridgehead atoms. The summed E-state index contributed by atoms with van der Waals surface area (Å²) in [6.07, 6.45) is 2.69. The van der Waals surface area contributed by atoms with Crippen molar-refractivity contribution < 1.29 is 9.18 Å². The van der Waals surface area contributed by atoms with Crippen LogP contribution >= 0.6 is 22.6 Å². The molecule has 2 heterocycles. The fourth-order valence-electron chi connectivity index (χ4n) is 3.67. The number of amides is 1. The SMILES string of the molecule is CCCn1c(CN(Cc2ccc(F)cc2)C(=O)c2ccc(C)c(I)c2)nc2cccnc21. The number of carbonyl (C=O) groups is 1. The summed E-state index contributed by atoms with van der Waals surface area (Å²) >= 11 is 2.25. The lowest BCUT2D eigenvalue weighted by Gasteiger charge is -2.23. The number of carbonyl (C=O) groups excluding carboxylic acids is 1. The van der Waals surface area contributed by atoms with Gasteiger partial charge in [-0.25, -0.2) is 14.4 Å². The Hall–Kier alpha value is -2.81. The van der Waals surface area contributed by atoms with E-state index in [1.54, 1.807) is 23.2 Å². The summed E-state index contributed by atoms with van der Waals surface area (Å²) in [5, 5.41) is 0. The molecule has 0 N–H and O–H groups in total. The molecule has 7 heteroatoms. The Bertz CT molecular complexity index is 1250. The molecule has 4 rings (SSSR count). The minimum absolute atomic E-state index is 0.0877. The van der Waals surface area contributed by atoms with Gasteiger partial charge in [0, 0.05) is 28.4 Å². The maximum Gasteiger partial charge on any atom is 0.254 e. The largest absolute Gasteiger partial charge is 0.327 e. The lowest BCUT2D eigenvalue weighted by atomic mass is 10.1. The number of pyridine rings is 1. The van der Waals surface area contributed by atoms with Gasteiger partial charge >= 0.3 is 0 Å². The number of imidazole rings is 1. The van der Waals surface area contributed by atoms with Gasteiger partial charge < -0.3 is 9.47 Å². The van der Waals surface area contributed by atoms with Gasteiger partial charge in [-0.1, -0.05) is 25.1 Å². The first-order valence-electron chi connectivity index (χ1n) is 10.6. The number of halogens is 2. The van der Waals surface area contributed by atoms with Crippen molar-refractivity contribution in [1.82, 2.24) is 19.4 Å². The third kappa shape index (κ3) is 4.82. The molecule has 0 aliphatic rings. The molecule has 2 aromatic carbocycles. The minimum atomic E-state index is -0.296. The topological polar surface area (TPSA) is 51.0 Å². The predicted octanol–water partition coefficient (Wildman–Crippen LogP) is 5.74. The number of hydrogen-bond donors (Lipinski definition) is 0. The van der Waals surface area contributed by atoms with Crippen molar-refractivity contribution in [2.75, 3.05) is 0 Å². The van der Waals surface area contributed by atoms with Crippen molar-refractivity contribution in [3.8, 4) is 0 Å². The van der Waals surface area contributed by atoms with Crippen LogP contribution < -0.4 is 0 Å². The van der Waals surface area contributed by atoms with E-state index >= 15 is 0 Å². The molecule has 0 fully saturated rings. The van der Waals surface area contributed by atoms with Crippen molar-refractivity contribution in [3.05, 3.63) is 92.7 Å². The molecule has 2 aromatic heterocycles. The van der Waals surface area contributed by atoms with E-state index in [9.17, 15) is 9.18 Å².